The lowest BCUT2D eigenvalue weighted by molar-refractivity contribution is -0.384. The Morgan fingerprint density at radius 1 is 0.846 bits per heavy atom. The first-order valence-corrected chi connectivity index (χ1v) is 11.9. The molecule has 0 bridgehead atoms. The number of non-ortho nitro benzene ring substituents is 1. The van der Waals surface area contributed by atoms with Crippen LogP contribution in [0.3, 0.4) is 0 Å². The number of nitrogens with zero attached hydrogens (tertiary/aromatic N) is 3. The third-order valence-electron chi connectivity index (χ3n) is 6.45. The van der Waals surface area contributed by atoms with E-state index in [9.17, 15) is 24.5 Å². The Balaban J connectivity index is 1.38. The fourth-order valence-electron chi connectivity index (χ4n) is 4.62. The summed E-state index contributed by atoms with van der Waals surface area (Å²) in [6.45, 7) is 0. The molecule has 0 radical (unpaired) electrons. The van der Waals surface area contributed by atoms with Crippen molar-refractivity contribution in [3.8, 4) is 11.5 Å². The molecule has 1 aliphatic heterocycles. The van der Waals surface area contributed by atoms with E-state index in [1.54, 1.807) is 78.9 Å². The summed E-state index contributed by atoms with van der Waals surface area (Å²) in [5.74, 6) is -1.60. The molecule has 5 aromatic rings. The zero-order chi connectivity index (χ0) is 27.1. The highest BCUT2D eigenvalue weighted by Gasteiger charge is 2.43. The van der Waals surface area contributed by atoms with E-state index in [4.69, 9.17) is 4.42 Å². The van der Waals surface area contributed by atoms with Gasteiger partial charge in [0.15, 0.2) is 5.58 Å². The minimum atomic E-state index is -1.25. The Kier molecular flexibility index (Phi) is 5.69. The third-order valence-corrected chi connectivity index (χ3v) is 6.45. The van der Waals surface area contributed by atoms with Crippen LogP contribution in [0.25, 0.3) is 22.6 Å². The molecule has 39 heavy (non-hydrogen) atoms. The van der Waals surface area contributed by atoms with Crippen molar-refractivity contribution in [2.75, 3.05) is 5.32 Å². The largest absolute Gasteiger partial charge is 0.436 e. The summed E-state index contributed by atoms with van der Waals surface area (Å²) < 4.78 is 5.80. The van der Waals surface area contributed by atoms with Crippen LogP contribution in [0, 0.1) is 10.1 Å². The summed E-state index contributed by atoms with van der Waals surface area (Å²) >= 11 is 0. The third kappa shape index (κ3) is 4.09. The van der Waals surface area contributed by atoms with E-state index >= 15 is 0 Å². The van der Waals surface area contributed by atoms with Crippen molar-refractivity contribution in [1.82, 2.24) is 9.88 Å². The lowest BCUT2D eigenvalue weighted by Crippen LogP contribution is -2.41. The molecule has 4 aromatic carbocycles. The van der Waals surface area contributed by atoms with Crippen molar-refractivity contribution < 1.29 is 23.7 Å². The number of carbonyl (C=O) groups excluding carboxylic acids is 3. The van der Waals surface area contributed by atoms with Crippen LogP contribution in [0.2, 0.25) is 0 Å². The number of oxazole rings is 1. The SMILES string of the molecule is O=C(Nc1ccccc1-c1nc2ccc([N+](=O)[O-])cc2o1)C(c1ccccc1)N1C(=O)c2ccccc2C1=O. The highest BCUT2D eigenvalue weighted by atomic mass is 16.6. The van der Waals surface area contributed by atoms with Crippen molar-refractivity contribution in [1.29, 1.82) is 0 Å². The van der Waals surface area contributed by atoms with Gasteiger partial charge >= 0.3 is 0 Å². The molecule has 0 saturated carbocycles. The van der Waals surface area contributed by atoms with E-state index in [2.05, 4.69) is 10.3 Å². The van der Waals surface area contributed by atoms with Gasteiger partial charge in [-0.25, -0.2) is 4.98 Å². The first-order chi connectivity index (χ1) is 18.9. The molecule has 0 spiro atoms. The molecular formula is C29H18N4O6. The van der Waals surface area contributed by atoms with Crippen LogP contribution < -0.4 is 5.32 Å². The van der Waals surface area contributed by atoms with Crippen LogP contribution >= 0.6 is 0 Å². The Hall–Kier alpha value is -5.64. The second-order valence-corrected chi connectivity index (χ2v) is 8.80. The first-order valence-electron chi connectivity index (χ1n) is 11.9. The number of aromatic nitrogens is 1. The number of nitro benzene ring substituents is 1. The highest BCUT2D eigenvalue weighted by molar-refractivity contribution is 6.23. The summed E-state index contributed by atoms with van der Waals surface area (Å²) in [6, 6.07) is 24.6. The average molecular weight is 518 g/mol. The zero-order valence-corrected chi connectivity index (χ0v) is 20.1. The van der Waals surface area contributed by atoms with Crippen molar-refractivity contribution in [2.45, 2.75) is 6.04 Å². The summed E-state index contributed by atoms with van der Waals surface area (Å²) in [6.07, 6.45) is 0. The maximum absolute atomic E-state index is 13.8. The van der Waals surface area contributed by atoms with Gasteiger partial charge in [0.2, 0.25) is 5.89 Å². The fraction of sp³-hybridized carbons (Fsp3) is 0.0345. The van der Waals surface area contributed by atoms with Crippen molar-refractivity contribution in [3.63, 3.8) is 0 Å². The first kappa shape index (κ1) is 23.7. The Morgan fingerprint density at radius 3 is 2.13 bits per heavy atom. The summed E-state index contributed by atoms with van der Waals surface area (Å²) in [5.41, 5.74) is 2.14. The molecule has 10 heteroatoms. The van der Waals surface area contributed by atoms with Crippen LogP contribution in [-0.4, -0.2) is 32.5 Å². The number of nitrogens with one attached hydrogen (secondary N) is 1. The number of rotatable bonds is 6. The number of fused-ring (bicyclic) bond motifs is 2. The molecule has 0 saturated heterocycles. The lowest BCUT2D eigenvalue weighted by Gasteiger charge is -2.26. The maximum Gasteiger partial charge on any atom is 0.273 e. The van der Waals surface area contributed by atoms with E-state index in [0.29, 0.717) is 22.3 Å². The summed E-state index contributed by atoms with van der Waals surface area (Å²) in [4.78, 5) is 56.4. The van der Waals surface area contributed by atoms with Gasteiger partial charge in [-0.1, -0.05) is 54.6 Å². The van der Waals surface area contributed by atoms with Crippen LogP contribution in [0.15, 0.2) is 101 Å². The number of para-hydroxylation sites is 1. The van der Waals surface area contributed by atoms with E-state index in [0.717, 1.165) is 4.90 Å². The van der Waals surface area contributed by atoms with Gasteiger partial charge in [-0.3, -0.25) is 29.4 Å². The molecule has 190 valence electrons. The van der Waals surface area contributed by atoms with Crippen LogP contribution in [-0.2, 0) is 4.79 Å². The van der Waals surface area contributed by atoms with Gasteiger partial charge in [-0.05, 0) is 35.9 Å². The minimum absolute atomic E-state index is 0.137. The van der Waals surface area contributed by atoms with Gasteiger partial charge in [0.05, 0.1) is 33.4 Å². The number of nitro groups is 1. The summed E-state index contributed by atoms with van der Waals surface area (Å²) in [7, 11) is 0. The van der Waals surface area contributed by atoms with Gasteiger partial charge in [0.25, 0.3) is 23.4 Å². The number of amides is 3. The molecular weight excluding hydrogens is 500 g/mol. The molecule has 0 aliphatic carbocycles. The molecule has 6 rings (SSSR count). The van der Waals surface area contributed by atoms with Crippen LogP contribution in [0.4, 0.5) is 11.4 Å². The van der Waals surface area contributed by atoms with E-state index in [1.807, 2.05) is 0 Å². The molecule has 0 fully saturated rings. The highest BCUT2D eigenvalue weighted by Crippen LogP contribution is 2.35. The van der Waals surface area contributed by atoms with E-state index < -0.39 is 28.7 Å². The molecule has 10 nitrogen and oxygen atoms in total. The molecule has 3 amide bonds. The molecule has 1 atom stereocenters. The number of imide groups is 1. The minimum Gasteiger partial charge on any atom is -0.436 e. The molecule has 2 heterocycles. The van der Waals surface area contributed by atoms with Gasteiger partial charge < -0.3 is 9.73 Å². The summed E-state index contributed by atoms with van der Waals surface area (Å²) in [5, 5.41) is 14.0. The quantitative estimate of drug-likeness (QED) is 0.181. The molecule has 1 N–H and O–H groups in total. The number of hydrogen-bond donors (Lipinski definition) is 1. The van der Waals surface area contributed by atoms with Crippen molar-refractivity contribution in [3.05, 3.63) is 124 Å². The van der Waals surface area contributed by atoms with Gasteiger partial charge in [-0.15, -0.1) is 0 Å². The van der Waals surface area contributed by atoms with Gasteiger partial charge in [0, 0.05) is 6.07 Å². The Morgan fingerprint density at radius 2 is 1.46 bits per heavy atom. The lowest BCUT2D eigenvalue weighted by atomic mass is 10.0. The zero-order valence-electron chi connectivity index (χ0n) is 20.1. The smallest absolute Gasteiger partial charge is 0.273 e. The number of carbonyl (C=O) groups is 3. The molecule has 1 aromatic heterocycles. The van der Waals surface area contributed by atoms with Crippen LogP contribution in [0.5, 0.6) is 0 Å². The number of hydrogen-bond acceptors (Lipinski definition) is 7. The predicted molar refractivity (Wildman–Crippen MR) is 141 cm³/mol. The molecule has 1 aliphatic rings. The van der Waals surface area contributed by atoms with E-state index in [-0.39, 0.29) is 28.3 Å². The number of benzene rings is 4. The van der Waals surface area contributed by atoms with Crippen LogP contribution in [0.1, 0.15) is 32.3 Å². The second kappa shape index (κ2) is 9.34. The standard InChI is InChI=1S/C29H18N4O6/c34-26(25(17-8-2-1-3-9-17)32-28(35)19-10-4-5-11-20(19)29(32)36)30-22-13-7-6-12-21(22)27-31-23-15-14-18(33(37)38)16-24(23)39-27/h1-16,25H,(H,30,34). The van der Waals surface area contributed by atoms with Gasteiger partial charge in [0.1, 0.15) is 11.6 Å². The average Bonchev–Trinajstić information content (AvgIpc) is 3.49. The Bertz CT molecular complexity index is 1760. The topological polar surface area (TPSA) is 136 Å². The molecule has 1 unspecified atom stereocenters. The fourth-order valence-corrected chi connectivity index (χ4v) is 4.62. The monoisotopic (exact) mass is 518 g/mol. The van der Waals surface area contributed by atoms with Gasteiger partial charge in [-0.2, -0.15) is 0 Å². The predicted octanol–water partition coefficient (Wildman–Crippen LogP) is 5.38. The number of anilines is 1. The maximum atomic E-state index is 13.8. The van der Waals surface area contributed by atoms with E-state index in [1.165, 1.54) is 18.2 Å². The second-order valence-electron chi connectivity index (χ2n) is 8.80. The normalized spacial score (nSPS) is 13.4. The Labute approximate surface area is 220 Å². The van der Waals surface area contributed by atoms with Crippen molar-refractivity contribution >= 4 is 40.2 Å². The van der Waals surface area contributed by atoms with Crippen molar-refractivity contribution in [2.24, 2.45) is 0 Å².